The lowest BCUT2D eigenvalue weighted by Crippen LogP contribution is -1.88. The van der Waals surface area contributed by atoms with Gasteiger partial charge < -0.3 is 0 Å². The van der Waals surface area contributed by atoms with Crippen molar-refractivity contribution >= 4 is 34.2 Å². The summed E-state index contributed by atoms with van der Waals surface area (Å²) in [5.74, 6) is 0. The third kappa shape index (κ3) is 1.39. The zero-order valence-corrected chi connectivity index (χ0v) is 8.34. The van der Waals surface area contributed by atoms with Gasteiger partial charge in [-0.15, -0.1) is 0 Å². The molecule has 0 saturated carbocycles. The molecule has 0 aromatic carbocycles. The van der Waals surface area contributed by atoms with E-state index in [4.69, 9.17) is 28.5 Å². The van der Waals surface area contributed by atoms with Gasteiger partial charge in [-0.05, 0) is 12.1 Å². The Bertz CT molecular complexity index is 545. The molecule has 0 radical (unpaired) electrons. The number of fused-ring (bicyclic) bond motifs is 1. The third-order valence-electron chi connectivity index (χ3n) is 1.75. The van der Waals surface area contributed by atoms with E-state index >= 15 is 0 Å². The van der Waals surface area contributed by atoms with Gasteiger partial charge in [0.05, 0.1) is 10.6 Å². The average Bonchev–Trinajstić information content (AvgIpc) is 2.18. The number of hydrogen-bond donors (Lipinski definition) is 0. The number of nitrogens with zero attached hydrogens (tertiary/aromatic N) is 3. The molecule has 14 heavy (non-hydrogen) atoms. The van der Waals surface area contributed by atoms with E-state index in [0.29, 0.717) is 26.8 Å². The quantitative estimate of drug-likeness (QED) is 0.646. The molecule has 5 heteroatoms. The van der Waals surface area contributed by atoms with E-state index in [1.54, 1.807) is 12.1 Å². The fraction of sp³-hybridized carbons (Fsp3) is 0. The molecular formula is C9H3Cl2N3. The summed E-state index contributed by atoms with van der Waals surface area (Å²) in [6.07, 6.45) is 1.38. The largest absolute Gasteiger partial charge is 0.235 e. The lowest BCUT2D eigenvalue weighted by Gasteiger charge is -2.00. The Morgan fingerprint density at radius 2 is 2.07 bits per heavy atom. The van der Waals surface area contributed by atoms with Crippen LogP contribution in [0.25, 0.3) is 11.0 Å². The SMILES string of the molecule is N#Cc1cnc2nc(Cl)ccc2c1Cl. The highest BCUT2D eigenvalue weighted by Crippen LogP contribution is 2.24. The van der Waals surface area contributed by atoms with Crippen molar-refractivity contribution in [3.8, 4) is 6.07 Å². The summed E-state index contributed by atoms with van der Waals surface area (Å²) in [5.41, 5.74) is 0.782. The van der Waals surface area contributed by atoms with Crippen molar-refractivity contribution in [1.82, 2.24) is 9.97 Å². The molecule has 0 saturated heterocycles. The Morgan fingerprint density at radius 1 is 1.29 bits per heavy atom. The van der Waals surface area contributed by atoms with E-state index in [1.165, 1.54) is 6.20 Å². The molecule has 0 N–H and O–H groups in total. The topological polar surface area (TPSA) is 49.6 Å². The third-order valence-corrected chi connectivity index (χ3v) is 2.37. The van der Waals surface area contributed by atoms with Gasteiger partial charge in [0.25, 0.3) is 0 Å². The van der Waals surface area contributed by atoms with Gasteiger partial charge in [0.1, 0.15) is 11.2 Å². The number of pyridine rings is 2. The van der Waals surface area contributed by atoms with E-state index in [2.05, 4.69) is 9.97 Å². The first kappa shape index (κ1) is 9.20. The van der Waals surface area contributed by atoms with Gasteiger partial charge in [0, 0.05) is 11.6 Å². The normalized spacial score (nSPS) is 10.1. The molecule has 2 rings (SSSR count). The fourth-order valence-corrected chi connectivity index (χ4v) is 1.48. The molecule has 0 amide bonds. The maximum Gasteiger partial charge on any atom is 0.162 e. The number of rotatable bonds is 0. The first-order valence-corrected chi connectivity index (χ1v) is 4.49. The molecule has 2 aromatic heterocycles. The number of nitriles is 1. The highest BCUT2D eigenvalue weighted by molar-refractivity contribution is 6.36. The molecule has 2 aromatic rings. The Hall–Kier alpha value is -1.37. The van der Waals surface area contributed by atoms with E-state index < -0.39 is 0 Å². The number of hydrogen-bond acceptors (Lipinski definition) is 3. The molecule has 0 bridgehead atoms. The summed E-state index contributed by atoms with van der Waals surface area (Å²) in [4.78, 5) is 7.94. The van der Waals surface area contributed by atoms with Crippen LogP contribution < -0.4 is 0 Å². The van der Waals surface area contributed by atoms with Crippen LogP contribution in [-0.2, 0) is 0 Å². The second-order valence-electron chi connectivity index (χ2n) is 2.60. The van der Waals surface area contributed by atoms with Crippen LogP contribution in [0.4, 0.5) is 0 Å². The minimum atomic E-state index is 0.336. The van der Waals surface area contributed by atoms with Crippen LogP contribution in [0.5, 0.6) is 0 Å². The van der Waals surface area contributed by atoms with Crippen LogP contribution in [-0.4, -0.2) is 9.97 Å². The van der Waals surface area contributed by atoms with Crippen LogP contribution >= 0.6 is 23.2 Å². The maximum absolute atomic E-state index is 8.71. The van der Waals surface area contributed by atoms with Crippen LogP contribution in [0.15, 0.2) is 18.3 Å². The summed E-state index contributed by atoms with van der Waals surface area (Å²) in [6.45, 7) is 0. The van der Waals surface area contributed by atoms with Crippen molar-refractivity contribution in [2.45, 2.75) is 0 Å². The van der Waals surface area contributed by atoms with E-state index in [9.17, 15) is 0 Å². The molecule has 0 aliphatic carbocycles. The van der Waals surface area contributed by atoms with Crippen molar-refractivity contribution in [2.24, 2.45) is 0 Å². The standard InChI is InChI=1S/C9H3Cl2N3/c10-7-2-1-6-8(11)5(3-12)4-13-9(6)14-7/h1-2,4H. The van der Waals surface area contributed by atoms with Crippen molar-refractivity contribution in [3.05, 3.63) is 34.1 Å². The summed E-state index contributed by atoms with van der Waals surface area (Å²) >= 11 is 11.6. The second-order valence-corrected chi connectivity index (χ2v) is 3.37. The lowest BCUT2D eigenvalue weighted by molar-refractivity contribution is 1.27. The van der Waals surface area contributed by atoms with Crippen LogP contribution in [0.1, 0.15) is 5.56 Å². The van der Waals surface area contributed by atoms with Crippen LogP contribution in [0.2, 0.25) is 10.2 Å². The van der Waals surface area contributed by atoms with Gasteiger partial charge in [-0.3, -0.25) is 0 Å². The minimum absolute atomic E-state index is 0.336. The minimum Gasteiger partial charge on any atom is -0.235 e. The smallest absolute Gasteiger partial charge is 0.162 e. The molecular weight excluding hydrogens is 221 g/mol. The summed E-state index contributed by atoms with van der Waals surface area (Å²) < 4.78 is 0. The van der Waals surface area contributed by atoms with Crippen molar-refractivity contribution < 1.29 is 0 Å². The van der Waals surface area contributed by atoms with Gasteiger partial charge >= 0.3 is 0 Å². The number of aromatic nitrogens is 2. The monoisotopic (exact) mass is 223 g/mol. The van der Waals surface area contributed by atoms with Crippen LogP contribution in [0, 0.1) is 11.3 Å². The van der Waals surface area contributed by atoms with Crippen molar-refractivity contribution in [2.75, 3.05) is 0 Å². The first-order valence-electron chi connectivity index (χ1n) is 3.73. The Morgan fingerprint density at radius 3 is 2.79 bits per heavy atom. The van der Waals surface area contributed by atoms with E-state index in [-0.39, 0.29) is 0 Å². The molecule has 0 spiro atoms. The molecule has 0 unspecified atom stereocenters. The number of halogens is 2. The Kier molecular flexibility index (Phi) is 2.24. The van der Waals surface area contributed by atoms with Gasteiger partial charge in [-0.25, -0.2) is 9.97 Å². The van der Waals surface area contributed by atoms with Crippen molar-refractivity contribution in [1.29, 1.82) is 5.26 Å². The highest BCUT2D eigenvalue weighted by Gasteiger charge is 2.07. The zero-order chi connectivity index (χ0) is 10.1. The lowest BCUT2D eigenvalue weighted by atomic mass is 10.2. The van der Waals surface area contributed by atoms with Crippen molar-refractivity contribution in [3.63, 3.8) is 0 Å². The predicted octanol–water partition coefficient (Wildman–Crippen LogP) is 2.81. The second kappa shape index (κ2) is 3.41. The molecule has 3 nitrogen and oxygen atoms in total. The molecule has 2 heterocycles. The molecule has 0 aliphatic heterocycles. The van der Waals surface area contributed by atoms with Gasteiger partial charge in [-0.1, -0.05) is 23.2 Å². The summed E-state index contributed by atoms with van der Waals surface area (Å²) in [6, 6.07) is 5.25. The van der Waals surface area contributed by atoms with Crippen LogP contribution in [0.3, 0.4) is 0 Å². The summed E-state index contributed by atoms with van der Waals surface area (Å²) in [5, 5.41) is 10.1. The van der Waals surface area contributed by atoms with E-state index in [1.807, 2.05) is 6.07 Å². The fourth-order valence-electron chi connectivity index (χ4n) is 1.10. The van der Waals surface area contributed by atoms with Gasteiger partial charge in [-0.2, -0.15) is 5.26 Å². The van der Waals surface area contributed by atoms with E-state index in [0.717, 1.165) is 0 Å². The average molecular weight is 224 g/mol. The highest BCUT2D eigenvalue weighted by atomic mass is 35.5. The Balaban J connectivity index is 2.85. The molecule has 0 atom stereocenters. The maximum atomic E-state index is 8.71. The van der Waals surface area contributed by atoms with Gasteiger partial charge in [0.2, 0.25) is 0 Å². The predicted molar refractivity (Wildman–Crippen MR) is 54.3 cm³/mol. The zero-order valence-electron chi connectivity index (χ0n) is 6.83. The first-order chi connectivity index (χ1) is 6.72. The molecule has 0 aliphatic rings. The molecule has 0 fully saturated rings. The van der Waals surface area contributed by atoms with Gasteiger partial charge in [0.15, 0.2) is 5.65 Å². The Labute approximate surface area is 89.9 Å². The molecule has 68 valence electrons. The summed E-state index contributed by atoms with van der Waals surface area (Å²) in [7, 11) is 0.